The maximum absolute atomic E-state index is 9.29. The Kier molecular flexibility index (Phi) is 6.16. The largest absolute Gasteiger partial charge is 0.411 e. The van der Waals surface area contributed by atoms with Crippen molar-refractivity contribution in [3.8, 4) is 0 Å². The summed E-state index contributed by atoms with van der Waals surface area (Å²) in [5.74, 6) is 0. The van der Waals surface area contributed by atoms with Gasteiger partial charge in [0.1, 0.15) is 0 Å². The molecule has 0 radical (unpaired) electrons. The SMILES string of the molecule is CCCCCCC(C)(CCCC)c1cn(O)nn1. The standard InChI is InChI=1S/C14H27N3O/c1-4-6-8-9-11-14(3,10-7-5-2)13-12-17(18)16-15-13/h12,18H,4-11H2,1-3H3. The van der Waals surface area contributed by atoms with E-state index < -0.39 is 0 Å². The molecule has 0 aliphatic carbocycles. The summed E-state index contributed by atoms with van der Waals surface area (Å²) in [4.78, 5) is 0.825. The zero-order valence-electron chi connectivity index (χ0n) is 12.0. The predicted octanol–water partition coefficient (Wildman–Crippen LogP) is 3.93. The first kappa shape index (κ1) is 15.0. The minimum absolute atomic E-state index is 0.0602. The van der Waals surface area contributed by atoms with E-state index in [1.165, 1.54) is 38.5 Å². The average Bonchev–Trinajstić information content (AvgIpc) is 2.80. The summed E-state index contributed by atoms with van der Waals surface area (Å²) in [6.07, 6.45) is 11.4. The molecule has 4 nitrogen and oxygen atoms in total. The van der Waals surface area contributed by atoms with E-state index in [0.717, 1.165) is 23.4 Å². The number of nitrogens with zero attached hydrogens (tertiary/aromatic N) is 3. The van der Waals surface area contributed by atoms with Crippen LogP contribution < -0.4 is 0 Å². The lowest BCUT2D eigenvalue weighted by Gasteiger charge is -2.27. The van der Waals surface area contributed by atoms with E-state index in [9.17, 15) is 5.21 Å². The Morgan fingerprint density at radius 1 is 1.11 bits per heavy atom. The monoisotopic (exact) mass is 253 g/mol. The van der Waals surface area contributed by atoms with Gasteiger partial charge in [-0.2, -0.15) is 0 Å². The van der Waals surface area contributed by atoms with E-state index in [0.29, 0.717) is 0 Å². The fourth-order valence-electron chi connectivity index (χ4n) is 2.42. The summed E-state index contributed by atoms with van der Waals surface area (Å²) in [5, 5.41) is 17.1. The maximum atomic E-state index is 9.29. The van der Waals surface area contributed by atoms with Crippen molar-refractivity contribution < 1.29 is 5.21 Å². The van der Waals surface area contributed by atoms with Gasteiger partial charge in [0.25, 0.3) is 0 Å². The van der Waals surface area contributed by atoms with Crippen LogP contribution in [0.1, 0.15) is 77.8 Å². The molecule has 0 spiro atoms. The molecule has 0 aliphatic heterocycles. The van der Waals surface area contributed by atoms with Crippen molar-refractivity contribution >= 4 is 0 Å². The highest BCUT2D eigenvalue weighted by molar-refractivity contribution is 5.10. The zero-order chi connectivity index (χ0) is 13.4. The molecule has 1 N–H and O–H groups in total. The fourth-order valence-corrected chi connectivity index (χ4v) is 2.42. The van der Waals surface area contributed by atoms with E-state index in [2.05, 4.69) is 31.1 Å². The quantitative estimate of drug-likeness (QED) is 0.536. The molecule has 18 heavy (non-hydrogen) atoms. The lowest BCUT2D eigenvalue weighted by atomic mass is 9.77. The van der Waals surface area contributed by atoms with Gasteiger partial charge in [0.15, 0.2) is 0 Å². The van der Waals surface area contributed by atoms with Crippen LogP contribution in [-0.4, -0.2) is 20.4 Å². The van der Waals surface area contributed by atoms with Crippen LogP contribution in [0.25, 0.3) is 0 Å². The molecule has 104 valence electrons. The number of unbranched alkanes of at least 4 members (excludes halogenated alkanes) is 4. The van der Waals surface area contributed by atoms with Crippen LogP contribution in [0.4, 0.5) is 0 Å². The van der Waals surface area contributed by atoms with Crippen molar-refractivity contribution in [3.05, 3.63) is 11.9 Å². The molecule has 1 aromatic rings. The second kappa shape index (κ2) is 7.39. The van der Waals surface area contributed by atoms with Crippen molar-refractivity contribution in [2.75, 3.05) is 0 Å². The van der Waals surface area contributed by atoms with Crippen LogP contribution in [0.3, 0.4) is 0 Å². The number of aromatic nitrogens is 3. The minimum Gasteiger partial charge on any atom is -0.411 e. The Bertz CT molecular complexity index is 338. The van der Waals surface area contributed by atoms with Crippen LogP contribution in [0.5, 0.6) is 0 Å². The van der Waals surface area contributed by atoms with Gasteiger partial charge in [-0.15, -0.1) is 5.10 Å². The van der Waals surface area contributed by atoms with Gasteiger partial charge in [0.2, 0.25) is 0 Å². The summed E-state index contributed by atoms with van der Waals surface area (Å²) in [6, 6.07) is 0. The third kappa shape index (κ3) is 4.31. The van der Waals surface area contributed by atoms with Crippen LogP contribution in [0, 0.1) is 0 Å². The Labute approximate surface area is 110 Å². The smallest absolute Gasteiger partial charge is 0.0924 e. The van der Waals surface area contributed by atoms with Crippen LogP contribution in [0.2, 0.25) is 0 Å². The zero-order valence-corrected chi connectivity index (χ0v) is 12.0. The molecule has 0 fully saturated rings. The van der Waals surface area contributed by atoms with Crippen molar-refractivity contribution in [2.24, 2.45) is 0 Å². The summed E-state index contributed by atoms with van der Waals surface area (Å²) >= 11 is 0. The molecule has 1 heterocycles. The first-order chi connectivity index (χ1) is 8.62. The second-order valence-corrected chi connectivity index (χ2v) is 5.50. The van der Waals surface area contributed by atoms with Crippen molar-refractivity contribution in [3.63, 3.8) is 0 Å². The van der Waals surface area contributed by atoms with E-state index in [4.69, 9.17) is 0 Å². The summed E-state index contributed by atoms with van der Waals surface area (Å²) < 4.78 is 0. The van der Waals surface area contributed by atoms with Crippen molar-refractivity contribution in [1.29, 1.82) is 0 Å². The van der Waals surface area contributed by atoms with Crippen LogP contribution >= 0.6 is 0 Å². The lowest BCUT2D eigenvalue weighted by molar-refractivity contribution is 0.143. The molecule has 1 aromatic heterocycles. The van der Waals surface area contributed by atoms with Crippen molar-refractivity contribution in [1.82, 2.24) is 15.2 Å². The molecule has 1 unspecified atom stereocenters. The highest BCUT2D eigenvalue weighted by atomic mass is 16.5. The predicted molar refractivity (Wildman–Crippen MR) is 72.8 cm³/mol. The summed E-state index contributed by atoms with van der Waals surface area (Å²) in [5.41, 5.74) is 0.986. The third-order valence-corrected chi connectivity index (χ3v) is 3.76. The summed E-state index contributed by atoms with van der Waals surface area (Å²) in [7, 11) is 0. The molecule has 0 aromatic carbocycles. The number of hydrogen-bond donors (Lipinski definition) is 1. The highest BCUT2D eigenvalue weighted by Crippen LogP contribution is 2.33. The molecular formula is C14H27N3O. The molecule has 4 heteroatoms. The van der Waals surface area contributed by atoms with E-state index in [1.807, 2.05) is 0 Å². The Morgan fingerprint density at radius 2 is 1.78 bits per heavy atom. The van der Waals surface area contributed by atoms with Gasteiger partial charge in [-0.3, -0.25) is 0 Å². The molecule has 0 bridgehead atoms. The van der Waals surface area contributed by atoms with E-state index in [-0.39, 0.29) is 5.41 Å². The molecule has 0 aliphatic rings. The first-order valence-corrected chi connectivity index (χ1v) is 7.24. The second-order valence-electron chi connectivity index (χ2n) is 5.50. The molecule has 0 saturated heterocycles. The van der Waals surface area contributed by atoms with Crippen molar-refractivity contribution in [2.45, 2.75) is 77.6 Å². The third-order valence-electron chi connectivity index (χ3n) is 3.76. The van der Waals surface area contributed by atoms with Gasteiger partial charge in [0, 0.05) is 5.41 Å². The fraction of sp³-hybridized carbons (Fsp3) is 0.857. The van der Waals surface area contributed by atoms with Gasteiger partial charge in [-0.05, 0) is 18.1 Å². The maximum Gasteiger partial charge on any atom is 0.0924 e. The van der Waals surface area contributed by atoms with Crippen LogP contribution in [0.15, 0.2) is 6.20 Å². The highest BCUT2D eigenvalue weighted by Gasteiger charge is 2.28. The first-order valence-electron chi connectivity index (χ1n) is 7.24. The number of rotatable bonds is 9. The van der Waals surface area contributed by atoms with Gasteiger partial charge >= 0.3 is 0 Å². The van der Waals surface area contributed by atoms with Gasteiger partial charge in [-0.1, -0.05) is 64.1 Å². The van der Waals surface area contributed by atoms with Gasteiger partial charge in [-0.25, -0.2) is 0 Å². The molecule has 1 atom stereocenters. The number of hydrogen-bond acceptors (Lipinski definition) is 3. The van der Waals surface area contributed by atoms with Crippen LogP contribution in [-0.2, 0) is 5.41 Å². The topological polar surface area (TPSA) is 50.9 Å². The van der Waals surface area contributed by atoms with Gasteiger partial charge in [0.05, 0.1) is 11.9 Å². The lowest BCUT2D eigenvalue weighted by Crippen LogP contribution is -2.22. The molecule has 0 saturated carbocycles. The average molecular weight is 253 g/mol. The van der Waals surface area contributed by atoms with E-state index >= 15 is 0 Å². The Balaban J connectivity index is 2.62. The summed E-state index contributed by atoms with van der Waals surface area (Å²) in [6.45, 7) is 6.69. The molecular weight excluding hydrogens is 226 g/mol. The van der Waals surface area contributed by atoms with Gasteiger partial charge < -0.3 is 5.21 Å². The normalized spacial score (nSPS) is 14.6. The Hall–Kier alpha value is -1.06. The minimum atomic E-state index is 0.0602. The van der Waals surface area contributed by atoms with E-state index in [1.54, 1.807) is 6.20 Å². The Morgan fingerprint density at radius 3 is 2.33 bits per heavy atom. The molecule has 1 rings (SSSR count). The molecule has 0 amide bonds.